The molecule has 1 heterocycles. The van der Waals surface area contributed by atoms with Gasteiger partial charge in [-0.3, -0.25) is 4.79 Å². The number of carbonyl (C=O) groups excluding carboxylic acids is 1. The summed E-state index contributed by atoms with van der Waals surface area (Å²) in [5.74, 6) is 0. The molecule has 1 aliphatic rings. The molecular weight excluding hydrogens is 170 g/mol. The van der Waals surface area contributed by atoms with Crippen molar-refractivity contribution in [2.45, 2.75) is 51.3 Å². The number of ether oxygens (including phenoxy) is 1. The fraction of sp³-hybridized carbons (Fsp3) is 0.889. The topological polar surface area (TPSA) is 49.8 Å². The zero-order chi connectivity index (χ0) is 10.3. The first-order valence-corrected chi connectivity index (χ1v) is 4.40. The standard InChI is InChI=1S/C9H17NO3/c1-8(2)5-7(13-6-11)9(3,4)10(8)12/h6-7,12H,5H2,1-4H3. The summed E-state index contributed by atoms with van der Waals surface area (Å²) in [4.78, 5) is 10.2. The molecule has 4 heteroatoms. The highest BCUT2D eigenvalue weighted by molar-refractivity contribution is 5.38. The van der Waals surface area contributed by atoms with Gasteiger partial charge in [0.05, 0.1) is 5.54 Å². The Morgan fingerprint density at radius 3 is 2.31 bits per heavy atom. The second kappa shape index (κ2) is 2.96. The minimum absolute atomic E-state index is 0.245. The third kappa shape index (κ3) is 1.56. The van der Waals surface area contributed by atoms with Gasteiger partial charge in [-0.05, 0) is 27.7 Å². The molecule has 1 saturated heterocycles. The Labute approximate surface area is 78.4 Å². The number of nitrogens with zero attached hydrogens (tertiary/aromatic N) is 1. The van der Waals surface area contributed by atoms with E-state index in [2.05, 4.69) is 0 Å². The summed E-state index contributed by atoms with van der Waals surface area (Å²) < 4.78 is 4.94. The Morgan fingerprint density at radius 1 is 1.46 bits per heavy atom. The van der Waals surface area contributed by atoms with Gasteiger partial charge in [-0.1, -0.05) is 0 Å². The van der Waals surface area contributed by atoms with Gasteiger partial charge >= 0.3 is 0 Å². The first kappa shape index (κ1) is 10.5. The predicted molar refractivity (Wildman–Crippen MR) is 47.3 cm³/mol. The van der Waals surface area contributed by atoms with Crippen LogP contribution < -0.4 is 0 Å². The summed E-state index contributed by atoms with van der Waals surface area (Å²) in [7, 11) is 0. The Morgan fingerprint density at radius 2 is 2.00 bits per heavy atom. The Kier molecular flexibility index (Phi) is 2.38. The lowest BCUT2D eigenvalue weighted by molar-refractivity contribution is -0.203. The van der Waals surface area contributed by atoms with Crippen molar-refractivity contribution in [1.29, 1.82) is 0 Å². The molecule has 0 amide bonds. The van der Waals surface area contributed by atoms with Gasteiger partial charge in [0.15, 0.2) is 0 Å². The van der Waals surface area contributed by atoms with E-state index in [1.165, 1.54) is 5.06 Å². The molecule has 0 aromatic heterocycles. The van der Waals surface area contributed by atoms with Crippen LogP contribution in [0.2, 0.25) is 0 Å². The first-order valence-electron chi connectivity index (χ1n) is 4.40. The highest BCUT2D eigenvalue weighted by Gasteiger charge is 2.52. The van der Waals surface area contributed by atoms with Gasteiger partial charge in [0.2, 0.25) is 0 Å². The molecule has 4 nitrogen and oxygen atoms in total. The molecule has 1 fully saturated rings. The van der Waals surface area contributed by atoms with Crippen LogP contribution in [0.15, 0.2) is 0 Å². The highest BCUT2D eigenvalue weighted by atomic mass is 16.6. The van der Waals surface area contributed by atoms with Crippen molar-refractivity contribution in [3.05, 3.63) is 0 Å². The van der Waals surface area contributed by atoms with Crippen molar-refractivity contribution < 1.29 is 14.7 Å². The smallest absolute Gasteiger partial charge is 0.293 e. The van der Waals surface area contributed by atoms with E-state index in [1.54, 1.807) is 0 Å². The average molecular weight is 187 g/mol. The molecule has 0 saturated carbocycles. The van der Waals surface area contributed by atoms with Crippen molar-refractivity contribution in [2.24, 2.45) is 0 Å². The van der Waals surface area contributed by atoms with E-state index in [9.17, 15) is 10.0 Å². The van der Waals surface area contributed by atoms with Crippen molar-refractivity contribution in [3.8, 4) is 0 Å². The third-order valence-corrected chi connectivity index (χ3v) is 2.81. The molecule has 1 unspecified atom stereocenters. The van der Waals surface area contributed by atoms with Crippen LogP contribution in [0.3, 0.4) is 0 Å². The number of carbonyl (C=O) groups is 1. The van der Waals surface area contributed by atoms with Crippen LogP contribution in [-0.4, -0.2) is 33.9 Å². The van der Waals surface area contributed by atoms with E-state index in [1.807, 2.05) is 27.7 Å². The fourth-order valence-corrected chi connectivity index (χ4v) is 1.99. The van der Waals surface area contributed by atoms with Crippen LogP contribution in [0.4, 0.5) is 0 Å². The summed E-state index contributed by atoms with van der Waals surface area (Å²) >= 11 is 0. The Bertz CT molecular complexity index is 213. The number of hydroxylamine groups is 2. The zero-order valence-electron chi connectivity index (χ0n) is 8.57. The maximum atomic E-state index is 10.2. The molecular formula is C9H17NO3. The molecule has 0 aromatic carbocycles. The maximum absolute atomic E-state index is 10.2. The molecule has 1 rings (SSSR count). The summed E-state index contributed by atoms with van der Waals surface area (Å²) in [6, 6.07) is 0. The number of rotatable bonds is 2. The molecule has 0 radical (unpaired) electrons. The van der Waals surface area contributed by atoms with E-state index >= 15 is 0 Å². The van der Waals surface area contributed by atoms with Crippen molar-refractivity contribution >= 4 is 6.47 Å². The van der Waals surface area contributed by atoms with Gasteiger partial charge in [0.1, 0.15) is 6.10 Å². The minimum Gasteiger partial charge on any atom is -0.462 e. The largest absolute Gasteiger partial charge is 0.462 e. The van der Waals surface area contributed by atoms with Gasteiger partial charge in [-0.15, -0.1) is 0 Å². The van der Waals surface area contributed by atoms with E-state index in [0.29, 0.717) is 12.9 Å². The van der Waals surface area contributed by atoms with E-state index in [0.717, 1.165) is 0 Å². The average Bonchev–Trinajstić information content (AvgIpc) is 2.14. The second-order valence-corrected chi connectivity index (χ2v) is 4.70. The fourth-order valence-electron chi connectivity index (χ4n) is 1.99. The van der Waals surface area contributed by atoms with Gasteiger partial charge in [0.25, 0.3) is 6.47 Å². The summed E-state index contributed by atoms with van der Waals surface area (Å²) in [6.45, 7) is 8.00. The Balaban J connectivity index is 2.86. The third-order valence-electron chi connectivity index (χ3n) is 2.81. The molecule has 0 aromatic rings. The van der Waals surface area contributed by atoms with Crippen molar-refractivity contribution in [3.63, 3.8) is 0 Å². The van der Waals surface area contributed by atoms with E-state index in [-0.39, 0.29) is 11.6 Å². The molecule has 0 spiro atoms. The Hall–Kier alpha value is -0.610. The van der Waals surface area contributed by atoms with Crippen molar-refractivity contribution in [1.82, 2.24) is 5.06 Å². The minimum atomic E-state index is -0.510. The van der Waals surface area contributed by atoms with Crippen LogP contribution in [0.5, 0.6) is 0 Å². The van der Waals surface area contributed by atoms with Gasteiger partial charge in [-0.2, -0.15) is 5.06 Å². The molecule has 13 heavy (non-hydrogen) atoms. The lowest BCUT2D eigenvalue weighted by Crippen LogP contribution is -2.48. The van der Waals surface area contributed by atoms with E-state index in [4.69, 9.17) is 4.74 Å². The van der Waals surface area contributed by atoms with Crippen molar-refractivity contribution in [2.75, 3.05) is 0 Å². The SMILES string of the molecule is CC1(C)CC(OC=O)C(C)(C)N1O. The van der Waals surface area contributed by atoms with Crippen LogP contribution in [0.1, 0.15) is 34.1 Å². The van der Waals surface area contributed by atoms with Crippen LogP contribution >= 0.6 is 0 Å². The van der Waals surface area contributed by atoms with Crippen LogP contribution in [0.25, 0.3) is 0 Å². The lowest BCUT2D eigenvalue weighted by Gasteiger charge is -2.34. The van der Waals surface area contributed by atoms with Gasteiger partial charge in [0, 0.05) is 12.0 Å². The molecule has 1 aliphatic heterocycles. The monoisotopic (exact) mass is 187 g/mol. The summed E-state index contributed by atoms with van der Waals surface area (Å²) in [5, 5.41) is 11.1. The van der Waals surface area contributed by atoms with Gasteiger partial charge < -0.3 is 9.94 Å². The molecule has 1 atom stereocenters. The maximum Gasteiger partial charge on any atom is 0.293 e. The van der Waals surface area contributed by atoms with Gasteiger partial charge in [-0.25, -0.2) is 0 Å². The molecule has 76 valence electrons. The summed E-state index contributed by atoms with van der Waals surface area (Å²) in [6.07, 6.45) is 0.403. The first-order chi connectivity index (χ1) is 5.82. The summed E-state index contributed by atoms with van der Waals surface area (Å²) in [5.41, 5.74) is -0.846. The van der Waals surface area contributed by atoms with Crippen LogP contribution in [0, 0.1) is 0 Å². The number of hydrogen-bond acceptors (Lipinski definition) is 4. The van der Waals surface area contributed by atoms with E-state index < -0.39 is 5.54 Å². The number of hydrogen-bond donors (Lipinski definition) is 1. The zero-order valence-corrected chi connectivity index (χ0v) is 8.57. The molecule has 0 aliphatic carbocycles. The lowest BCUT2D eigenvalue weighted by atomic mass is 9.97. The molecule has 0 bridgehead atoms. The normalized spacial score (nSPS) is 31.6. The highest BCUT2D eigenvalue weighted by Crippen LogP contribution is 2.40. The molecule has 1 N–H and O–H groups in total. The predicted octanol–water partition coefficient (Wildman–Crippen LogP) is 1.18. The van der Waals surface area contributed by atoms with Crippen LogP contribution in [-0.2, 0) is 9.53 Å². The second-order valence-electron chi connectivity index (χ2n) is 4.70. The quantitative estimate of drug-likeness (QED) is 0.659.